The first kappa shape index (κ1) is 15.4. The zero-order valence-electron chi connectivity index (χ0n) is 10.7. The van der Waals surface area contributed by atoms with Crippen molar-refractivity contribution < 1.29 is 32.7 Å². The van der Waals surface area contributed by atoms with E-state index in [9.17, 15) is 23.7 Å². The predicted octanol–water partition coefficient (Wildman–Crippen LogP) is -0.861. The van der Waals surface area contributed by atoms with Crippen molar-refractivity contribution in [2.45, 2.75) is 36.4 Å². The average Bonchev–Trinajstić information content (AvgIpc) is 2.64. The van der Waals surface area contributed by atoms with Gasteiger partial charge in [-0.3, -0.25) is 4.18 Å². The molecule has 1 aliphatic heterocycles. The van der Waals surface area contributed by atoms with Crippen molar-refractivity contribution in [2.75, 3.05) is 6.61 Å². The summed E-state index contributed by atoms with van der Waals surface area (Å²) in [6, 6.07) is 6.07. The molecule has 0 aliphatic carbocycles. The topological polar surface area (TPSA) is 113 Å². The van der Waals surface area contributed by atoms with Crippen molar-refractivity contribution in [3.63, 3.8) is 0 Å². The Labute approximate surface area is 116 Å². The number of hydrogen-bond acceptors (Lipinski definition) is 7. The summed E-state index contributed by atoms with van der Waals surface area (Å²) in [4.78, 5) is -0.0170. The minimum Gasteiger partial charge on any atom is -0.387 e. The lowest BCUT2D eigenvalue weighted by molar-refractivity contribution is -0.131. The average molecular weight is 304 g/mol. The number of aliphatic hydroxyl groups excluding tert-OH is 3. The fraction of sp³-hybridized carbons (Fsp3) is 0.500. The SMILES string of the molecule is Cc1ccc(S(=O)(=O)OC[C@H]2O[C@@H](O)[C@@H](O)[C@@H]2O)cc1. The van der Waals surface area contributed by atoms with Crippen molar-refractivity contribution in [2.24, 2.45) is 0 Å². The Morgan fingerprint density at radius 1 is 1.15 bits per heavy atom. The normalized spacial score (nSPS) is 30.6. The van der Waals surface area contributed by atoms with Gasteiger partial charge in [-0.15, -0.1) is 0 Å². The van der Waals surface area contributed by atoms with Crippen LogP contribution in [0.3, 0.4) is 0 Å². The van der Waals surface area contributed by atoms with Gasteiger partial charge in [0.25, 0.3) is 10.1 Å². The zero-order valence-corrected chi connectivity index (χ0v) is 11.5. The Morgan fingerprint density at radius 3 is 2.25 bits per heavy atom. The molecule has 20 heavy (non-hydrogen) atoms. The van der Waals surface area contributed by atoms with E-state index in [1.54, 1.807) is 12.1 Å². The summed E-state index contributed by atoms with van der Waals surface area (Å²) in [5.41, 5.74) is 0.907. The van der Waals surface area contributed by atoms with Gasteiger partial charge in [0.2, 0.25) is 0 Å². The van der Waals surface area contributed by atoms with E-state index in [2.05, 4.69) is 0 Å². The van der Waals surface area contributed by atoms with Crippen LogP contribution in [0.25, 0.3) is 0 Å². The van der Waals surface area contributed by atoms with Gasteiger partial charge in [0.15, 0.2) is 6.29 Å². The van der Waals surface area contributed by atoms with Crippen molar-refractivity contribution in [1.29, 1.82) is 0 Å². The first-order chi connectivity index (χ1) is 9.31. The molecule has 4 atom stereocenters. The fourth-order valence-electron chi connectivity index (χ4n) is 1.80. The van der Waals surface area contributed by atoms with E-state index in [0.717, 1.165) is 5.56 Å². The molecule has 1 aromatic rings. The molecular weight excluding hydrogens is 288 g/mol. The van der Waals surface area contributed by atoms with E-state index in [-0.39, 0.29) is 4.90 Å². The zero-order chi connectivity index (χ0) is 14.9. The van der Waals surface area contributed by atoms with E-state index < -0.39 is 41.3 Å². The van der Waals surface area contributed by atoms with Crippen LogP contribution in [0.15, 0.2) is 29.2 Å². The highest BCUT2D eigenvalue weighted by Gasteiger charge is 2.42. The lowest BCUT2D eigenvalue weighted by Gasteiger charge is -2.14. The van der Waals surface area contributed by atoms with Gasteiger partial charge >= 0.3 is 0 Å². The third-order valence-corrected chi connectivity index (χ3v) is 4.33. The minimum absolute atomic E-state index is 0.0170. The highest BCUT2D eigenvalue weighted by molar-refractivity contribution is 7.86. The molecule has 0 unspecified atom stereocenters. The molecule has 0 spiro atoms. The van der Waals surface area contributed by atoms with Crippen LogP contribution in [-0.2, 0) is 19.0 Å². The molecule has 0 aromatic heterocycles. The van der Waals surface area contributed by atoms with Crippen molar-refractivity contribution in [1.82, 2.24) is 0 Å². The second-order valence-electron chi connectivity index (χ2n) is 4.60. The van der Waals surface area contributed by atoms with Gasteiger partial charge in [-0.1, -0.05) is 17.7 Å². The third-order valence-electron chi connectivity index (χ3n) is 3.03. The van der Waals surface area contributed by atoms with Crippen LogP contribution < -0.4 is 0 Å². The Balaban J connectivity index is 2.01. The van der Waals surface area contributed by atoms with Crippen LogP contribution in [0.2, 0.25) is 0 Å². The molecule has 0 bridgehead atoms. The Morgan fingerprint density at radius 2 is 1.75 bits per heavy atom. The molecule has 0 radical (unpaired) electrons. The van der Waals surface area contributed by atoms with Gasteiger partial charge in [-0.2, -0.15) is 8.42 Å². The molecule has 1 aliphatic rings. The number of rotatable bonds is 4. The molecule has 1 heterocycles. The maximum atomic E-state index is 11.9. The predicted molar refractivity (Wildman–Crippen MR) is 67.2 cm³/mol. The second-order valence-corrected chi connectivity index (χ2v) is 6.21. The molecule has 1 aromatic carbocycles. The van der Waals surface area contributed by atoms with Crippen molar-refractivity contribution in [3.05, 3.63) is 29.8 Å². The van der Waals surface area contributed by atoms with Crippen LogP contribution in [0.4, 0.5) is 0 Å². The van der Waals surface area contributed by atoms with Gasteiger partial charge < -0.3 is 20.1 Å². The molecule has 1 fully saturated rings. The first-order valence-electron chi connectivity index (χ1n) is 5.97. The van der Waals surface area contributed by atoms with Gasteiger partial charge in [0.1, 0.15) is 18.3 Å². The highest BCUT2D eigenvalue weighted by Crippen LogP contribution is 2.21. The molecule has 3 N–H and O–H groups in total. The fourth-order valence-corrected chi connectivity index (χ4v) is 2.71. The summed E-state index contributed by atoms with van der Waals surface area (Å²) in [7, 11) is -3.98. The van der Waals surface area contributed by atoms with Gasteiger partial charge in [0.05, 0.1) is 11.5 Å². The molecule has 112 valence electrons. The Hall–Kier alpha value is -1.03. The van der Waals surface area contributed by atoms with Crippen LogP contribution in [-0.4, -0.2) is 54.9 Å². The highest BCUT2D eigenvalue weighted by atomic mass is 32.2. The molecule has 0 amide bonds. The molecule has 1 saturated heterocycles. The third kappa shape index (κ3) is 3.17. The van der Waals surface area contributed by atoms with Gasteiger partial charge in [-0.05, 0) is 19.1 Å². The lowest BCUT2D eigenvalue weighted by Crippen LogP contribution is -2.34. The first-order valence-corrected chi connectivity index (χ1v) is 7.38. The van der Waals surface area contributed by atoms with E-state index in [4.69, 9.17) is 8.92 Å². The standard InChI is InChI=1S/C12H16O7S/c1-7-2-4-8(5-3-7)20(16,17)18-6-9-10(13)11(14)12(15)19-9/h2-5,9-15H,6H2,1H3/t9-,10-,11+,12-/m1/s1. The molecule has 8 heteroatoms. The largest absolute Gasteiger partial charge is 0.387 e. The maximum Gasteiger partial charge on any atom is 0.297 e. The summed E-state index contributed by atoms with van der Waals surface area (Å²) in [6.45, 7) is 1.33. The monoisotopic (exact) mass is 304 g/mol. The summed E-state index contributed by atoms with van der Waals surface area (Å²) < 4.78 is 33.3. The van der Waals surface area contributed by atoms with Crippen molar-refractivity contribution in [3.8, 4) is 0 Å². The summed E-state index contributed by atoms with van der Waals surface area (Å²) in [5, 5.41) is 28.0. The quantitative estimate of drug-likeness (QED) is 0.620. The van der Waals surface area contributed by atoms with Crippen LogP contribution in [0.1, 0.15) is 5.56 Å². The molecule has 7 nitrogen and oxygen atoms in total. The second kappa shape index (κ2) is 5.76. The number of aryl methyl sites for hydroxylation is 1. The van der Waals surface area contributed by atoms with E-state index in [0.29, 0.717) is 0 Å². The minimum atomic E-state index is -3.98. The Bertz CT molecular complexity index is 554. The smallest absolute Gasteiger partial charge is 0.297 e. The van der Waals surface area contributed by atoms with Gasteiger partial charge in [0, 0.05) is 0 Å². The number of hydrogen-bond donors (Lipinski definition) is 3. The summed E-state index contributed by atoms with van der Waals surface area (Å²) >= 11 is 0. The number of benzene rings is 1. The van der Waals surface area contributed by atoms with Gasteiger partial charge in [-0.25, -0.2) is 0 Å². The number of ether oxygens (including phenoxy) is 1. The summed E-state index contributed by atoms with van der Waals surface area (Å²) in [6.07, 6.45) is -5.55. The van der Waals surface area contributed by atoms with E-state index in [1.165, 1.54) is 12.1 Å². The maximum absolute atomic E-state index is 11.9. The van der Waals surface area contributed by atoms with E-state index >= 15 is 0 Å². The van der Waals surface area contributed by atoms with E-state index in [1.807, 2.05) is 6.92 Å². The van der Waals surface area contributed by atoms with Crippen LogP contribution >= 0.6 is 0 Å². The number of aliphatic hydroxyl groups is 3. The summed E-state index contributed by atoms with van der Waals surface area (Å²) in [5.74, 6) is 0. The van der Waals surface area contributed by atoms with Crippen LogP contribution in [0.5, 0.6) is 0 Å². The van der Waals surface area contributed by atoms with Crippen molar-refractivity contribution >= 4 is 10.1 Å². The molecule has 2 rings (SSSR count). The molecular formula is C12H16O7S. The molecule has 0 saturated carbocycles. The van der Waals surface area contributed by atoms with Crippen LogP contribution in [0, 0.1) is 6.92 Å². The lowest BCUT2D eigenvalue weighted by atomic mass is 10.1. The Kier molecular flexibility index (Phi) is 4.43.